The Morgan fingerprint density at radius 2 is 1.80 bits per heavy atom. The Labute approximate surface area is 150 Å². The van der Waals surface area contributed by atoms with Crippen molar-refractivity contribution in [2.24, 2.45) is 5.92 Å². The molecule has 1 saturated heterocycles. The predicted octanol–water partition coefficient (Wildman–Crippen LogP) is 4.50. The first-order valence-corrected chi connectivity index (χ1v) is 9.06. The highest BCUT2D eigenvalue weighted by Gasteiger charge is 2.31. The molecule has 2 aromatic carbocycles. The third-order valence-electron chi connectivity index (χ3n) is 5.21. The Morgan fingerprint density at radius 1 is 1.12 bits per heavy atom. The average Bonchev–Trinajstić information content (AvgIpc) is 2.56. The summed E-state index contributed by atoms with van der Waals surface area (Å²) >= 11 is 0. The number of carbonyl (C=O) groups is 1. The summed E-state index contributed by atoms with van der Waals surface area (Å²) in [5.41, 5.74) is 6.29. The van der Waals surface area contributed by atoms with Crippen LogP contribution >= 0.6 is 0 Å². The van der Waals surface area contributed by atoms with E-state index in [1.165, 1.54) is 27.8 Å². The number of aliphatic carboxylic acids is 1. The Kier molecular flexibility index (Phi) is 5.24. The molecule has 25 heavy (non-hydrogen) atoms. The summed E-state index contributed by atoms with van der Waals surface area (Å²) < 4.78 is 0. The zero-order valence-corrected chi connectivity index (χ0v) is 15.3. The van der Waals surface area contributed by atoms with E-state index in [4.69, 9.17) is 0 Å². The third kappa shape index (κ3) is 3.93. The van der Waals surface area contributed by atoms with Crippen molar-refractivity contribution in [3.05, 3.63) is 70.3 Å². The lowest BCUT2D eigenvalue weighted by atomic mass is 9.88. The Morgan fingerprint density at radius 3 is 2.44 bits per heavy atom. The van der Waals surface area contributed by atoms with Gasteiger partial charge in [0.25, 0.3) is 0 Å². The monoisotopic (exact) mass is 337 g/mol. The topological polar surface area (TPSA) is 40.5 Å². The molecular formula is C22H27NO2. The molecule has 3 heteroatoms. The maximum absolute atomic E-state index is 11.5. The first-order chi connectivity index (χ1) is 12.0. The quantitative estimate of drug-likeness (QED) is 0.893. The summed E-state index contributed by atoms with van der Waals surface area (Å²) in [6, 6.07) is 15.3. The van der Waals surface area contributed by atoms with Gasteiger partial charge in [-0.3, -0.25) is 9.69 Å². The van der Waals surface area contributed by atoms with Crippen LogP contribution in [0.2, 0.25) is 0 Å². The number of piperidine rings is 1. The fourth-order valence-corrected chi connectivity index (χ4v) is 4.09. The number of aryl methyl sites for hydroxylation is 3. The van der Waals surface area contributed by atoms with Crippen LogP contribution in [-0.2, 0) is 4.79 Å². The van der Waals surface area contributed by atoms with E-state index < -0.39 is 5.97 Å². The number of benzene rings is 2. The van der Waals surface area contributed by atoms with Crippen LogP contribution in [0.5, 0.6) is 0 Å². The molecular weight excluding hydrogens is 310 g/mol. The zero-order chi connectivity index (χ0) is 18.0. The minimum absolute atomic E-state index is 0.113. The molecule has 1 aliphatic rings. The summed E-state index contributed by atoms with van der Waals surface area (Å²) in [6.45, 7) is 7.95. The van der Waals surface area contributed by atoms with Gasteiger partial charge in [-0.1, -0.05) is 53.6 Å². The fourth-order valence-electron chi connectivity index (χ4n) is 4.09. The Bertz CT molecular complexity index is 748. The standard InChI is InChI=1S/C22H27NO2/c1-15-11-16(2)13-19(12-15)21(20-9-5-4-7-17(20)3)23-10-6-8-18(14-23)22(24)25/h4-5,7,9,11-13,18,21H,6,8,10,14H2,1-3H3,(H,24,25). The molecule has 0 amide bonds. The van der Waals surface area contributed by atoms with Crippen LogP contribution in [0.25, 0.3) is 0 Å². The van der Waals surface area contributed by atoms with Crippen molar-refractivity contribution in [2.75, 3.05) is 13.1 Å². The summed E-state index contributed by atoms with van der Waals surface area (Å²) in [4.78, 5) is 13.9. The lowest BCUT2D eigenvalue weighted by molar-refractivity contribution is -0.143. The molecule has 0 saturated carbocycles. The molecule has 2 unspecified atom stereocenters. The molecule has 132 valence electrons. The van der Waals surface area contributed by atoms with Crippen LogP contribution in [0.1, 0.15) is 46.7 Å². The number of hydrogen-bond donors (Lipinski definition) is 1. The SMILES string of the molecule is Cc1cc(C)cc(C(c2ccccc2C)N2CCCC(C(=O)O)C2)c1. The van der Waals surface area contributed by atoms with Gasteiger partial charge in [-0.2, -0.15) is 0 Å². The largest absolute Gasteiger partial charge is 0.481 e. The first kappa shape index (κ1) is 17.7. The van der Waals surface area contributed by atoms with Crippen LogP contribution in [-0.4, -0.2) is 29.1 Å². The van der Waals surface area contributed by atoms with Gasteiger partial charge in [0.2, 0.25) is 0 Å². The molecule has 0 aromatic heterocycles. The van der Waals surface area contributed by atoms with E-state index in [-0.39, 0.29) is 12.0 Å². The highest BCUT2D eigenvalue weighted by atomic mass is 16.4. The van der Waals surface area contributed by atoms with Crippen molar-refractivity contribution >= 4 is 5.97 Å². The number of carboxylic acid groups (broad SMARTS) is 1. The predicted molar refractivity (Wildman–Crippen MR) is 101 cm³/mol. The van der Waals surface area contributed by atoms with E-state index in [1.807, 2.05) is 0 Å². The van der Waals surface area contributed by atoms with Gasteiger partial charge in [0.15, 0.2) is 0 Å². The Balaban J connectivity index is 2.06. The zero-order valence-electron chi connectivity index (χ0n) is 15.3. The summed E-state index contributed by atoms with van der Waals surface area (Å²) in [6.07, 6.45) is 1.71. The molecule has 0 bridgehead atoms. The van der Waals surface area contributed by atoms with Gasteiger partial charge < -0.3 is 5.11 Å². The van der Waals surface area contributed by atoms with Gasteiger partial charge in [0.1, 0.15) is 0 Å². The first-order valence-electron chi connectivity index (χ1n) is 9.06. The molecule has 0 aliphatic carbocycles. The smallest absolute Gasteiger partial charge is 0.307 e. The molecule has 3 rings (SSSR count). The van der Waals surface area contributed by atoms with E-state index >= 15 is 0 Å². The van der Waals surface area contributed by atoms with Gasteiger partial charge in [0, 0.05) is 6.54 Å². The van der Waals surface area contributed by atoms with Crippen molar-refractivity contribution in [3.63, 3.8) is 0 Å². The molecule has 2 atom stereocenters. The second-order valence-corrected chi connectivity index (χ2v) is 7.35. The van der Waals surface area contributed by atoms with Gasteiger partial charge in [0.05, 0.1) is 12.0 Å². The van der Waals surface area contributed by atoms with Gasteiger partial charge in [-0.25, -0.2) is 0 Å². The molecule has 0 spiro atoms. The molecule has 1 fully saturated rings. The second kappa shape index (κ2) is 7.40. The van der Waals surface area contributed by atoms with E-state index in [9.17, 15) is 9.90 Å². The van der Waals surface area contributed by atoms with Gasteiger partial charge in [-0.05, 0) is 56.8 Å². The molecule has 0 radical (unpaired) electrons. The van der Waals surface area contributed by atoms with Crippen LogP contribution in [0.4, 0.5) is 0 Å². The normalized spacial score (nSPS) is 19.6. The maximum atomic E-state index is 11.5. The number of hydrogen-bond acceptors (Lipinski definition) is 2. The molecule has 1 heterocycles. The average molecular weight is 337 g/mol. The van der Waals surface area contributed by atoms with Gasteiger partial charge in [-0.15, -0.1) is 0 Å². The fraction of sp³-hybridized carbons (Fsp3) is 0.409. The highest BCUT2D eigenvalue weighted by Crippen LogP contribution is 2.35. The van der Waals surface area contributed by atoms with E-state index in [0.29, 0.717) is 6.54 Å². The number of nitrogens with zero attached hydrogens (tertiary/aromatic N) is 1. The number of likely N-dealkylation sites (tertiary alicyclic amines) is 1. The van der Waals surface area contributed by atoms with Crippen LogP contribution < -0.4 is 0 Å². The van der Waals surface area contributed by atoms with E-state index in [2.05, 4.69) is 68.1 Å². The third-order valence-corrected chi connectivity index (χ3v) is 5.21. The molecule has 1 N–H and O–H groups in total. The minimum Gasteiger partial charge on any atom is -0.481 e. The van der Waals surface area contributed by atoms with Crippen molar-refractivity contribution in [2.45, 2.75) is 39.7 Å². The molecule has 1 aliphatic heterocycles. The van der Waals surface area contributed by atoms with E-state index in [1.54, 1.807) is 0 Å². The van der Waals surface area contributed by atoms with Crippen molar-refractivity contribution in [1.82, 2.24) is 4.90 Å². The Hall–Kier alpha value is -2.13. The lowest BCUT2D eigenvalue weighted by Gasteiger charge is -2.38. The maximum Gasteiger partial charge on any atom is 0.307 e. The number of carboxylic acids is 1. The minimum atomic E-state index is -0.673. The highest BCUT2D eigenvalue weighted by molar-refractivity contribution is 5.70. The molecule has 2 aromatic rings. The lowest BCUT2D eigenvalue weighted by Crippen LogP contribution is -2.41. The molecule has 3 nitrogen and oxygen atoms in total. The summed E-state index contributed by atoms with van der Waals surface area (Å²) in [7, 11) is 0. The van der Waals surface area contributed by atoms with Crippen molar-refractivity contribution in [1.29, 1.82) is 0 Å². The summed E-state index contributed by atoms with van der Waals surface area (Å²) in [5.74, 6) is -0.945. The van der Waals surface area contributed by atoms with Crippen LogP contribution in [0, 0.1) is 26.7 Å². The van der Waals surface area contributed by atoms with Crippen LogP contribution in [0.3, 0.4) is 0 Å². The van der Waals surface area contributed by atoms with Crippen LogP contribution in [0.15, 0.2) is 42.5 Å². The number of rotatable bonds is 4. The summed E-state index contributed by atoms with van der Waals surface area (Å²) in [5, 5.41) is 9.50. The van der Waals surface area contributed by atoms with Gasteiger partial charge >= 0.3 is 5.97 Å². The van der Waals surface area contributed by atoms with Crippen molar-refractivity contribution in [3.8, 4) is 0 Å². The van der Waals surface area contributed by atoms with Crippen molar-refractivity contribution < 1.29 is 9.90 Å². The second-order valence-electron chi connectivity index (χ2n) is 7.35. The van der Waals surface area contributed by atoms with E-state index in [0.717, 1.165) is 19.4 Å².